The SMILES string of the molecule is C=CC(=O)N1CC2(CC(n3nc(-c4cccnc4)c(C4C(Cl)C(C)CC5NNCC54)c3C(F)F)C2)C1. The molecule has 2 saturated heterocycles. The number of amides is 1. The first-order chi connectivity index (χ1) is 17.3. The van der Waals surface area contributed by atoms with Gasteiger partial charge in [0.05, 0.1) is 11.7 Å². The first-order valence-electron chi connectivity index (χ1n) is 12.7. The highest BCUT2D eigenvalue weighted by Gasteiger charge is 2.56. The highest BCUT2D eigenvalue weighted by Crippen LogP contribution is 2.56. The fraction of sp³-hybridized carbons (Fsp3) is 0.577. The van der Waals surface area contributed by atoms with Crippen molar-refractivity contribution < 1.29 is 13.6 Å². The van der Waals surface area contributed by atoms with Gasteiger partial charge < -0.3 is 4.90 Å². The van der Waals surface area contributed by atoms with Crippen LogP contribution in [0.2, 0.25) is 0 Å². The summed E-state index contributed by atoms with van der Waals surface area (Å²) in [7, 11) is 0. The summed E-state index contributed by atoms with van der Waals surface area (Å²) < 4.78 is 31.5. The summed E-state index contributed by atoms with van der Waals surface area (Å²) in [5.41, 5.74) is 8.41. The van der Waals surface area contributed by atoms with Gasteiger partial charge in [-0.15, -0.1) is 11.6 Å². The Labute approximate surface area is 214 Å². The second kappa shape index (κ2) is 8.89. The number of likely N-dealkylation sites (tertiary alicyclic amines) is 1. The summed E-state index contributed by atoms with van der Waals surface area (Å²) in [5, 5.41) is 4.59. The largest absolute Gasteiger partial charge is 0.338 e. The summed E-state index contributed by atoms with van der Waals surface area (Å²) in [6.07, 6.45) is 4.35. The summed E-state index contributed by atoms with van der Waals surface area (Å²) in [4.78, 5) is 17.9. The van der Waals surface area contributed by atoms with Gasteiger partial charge >= 0.3 is 0 Å². The molecule has 5 atom stereocenters. The Kier molecular flexibility index (Phi) is 5.92. The molecule has 4 heterocycles. The first-order valence-corrected chi connectivity index (χ1v) is 13.1. The molecule has 7 nitrogen and oxygen atoms in total. The van der Waals surface area contributed by atoms with E-state index in [4.69, 9.17) is 16.7 Å². The number of hydrogen-bond acceptors (Lipinski definition) is 5. The van der Waals surface area contributed by atoms with Gasteiger partial charge in [0.25, 0.3) is 6.43 Å². The summed E-state index contributed by atoms with van der Waals surface area (Å²) in [6, 6.07) is 3.72. The third-order valence-electron chi connectivity index (χ3n) is 8.80. The molecule has 1 spiro atoms. The van der Waals surface area contributed by atoms with E-state index in [1.165, 1.54) is 6.08 Å². The van der Waals surface area contributed by atoms with Crippen LogP contribution in [0.15, 0.2) is 37.2 Å². The number of hydrogen-bond donors (Lipinski definition) is 2. The van der Waals surface area contributed by atoms with Crippen molar-refractivity contribution in [1.82, 2.24) is 30.5 Å². The Morgan fingerprint density at radius 3 is 2.81 bits per heavy atom. The summed E-state index contributed by atoms with van der Waals surface area (Å²) >= 11 is 7.04. The van der Waals surface area contributed by atoms with Crippen LogP contribution < -0.4 is 10.9 Å². The lowest BCUT2D eigenvalue weighted by atomic mass is 9.60. The van der Waals surface area contributed by atoms with E-state index in [1.54, 1.807) is 28.0 Å². The van der Waals surface area contributed by atoms with Crippen molar-refractivity contribution in [1.29, 1.82) is 0 Å². The van der Waals surface area contributed by atoms with E-state index in [0.29, 0.717) is 30.9 Å². The van der Waals surface area contributed by atoms with E-state index < -0.39 is 6.43 Å². The third-order valence-corrected chi connectivity index (χ3v) is 9.50. The normalized spacial score (nSPS) is 31.2. The molecule has 0 aromatic carbocycles. The lowest BCUT2D eigenvalue weighted by Crippen LogP contribution is -2.63. The minimum absolute atomic E-state index is 0.0116. The quantitative estimate of drug-likeness (QED) is 0.463. The van der Waals surface area contributed by atoms with Gasteiger partial charge in [0, 0.05) is 65.9 Å². The molecule has 6 rings (SSSR count). The van der Waals surface area contributed by atoms with E-state index >= 15 is 0 Å². The Hall–Kier alpha value is -2.36. The zero-order valence-corrected chi connectivity index (χ0v) is 21.0. The average Bonchev–Trinajstić information content (AvgIpc) is 3.43. The van der Waals surface area contributed by atoms with E-state index in [1.807, 2.05) is 6.07 Å². The van der Waals surface area contributed by atoms with Crippen LogP contribution in [0, 0.1) is 17.3 Å². The third kappa shape index (κ3) is 3.70. The first kappa shape index (κ1) is 24.0. The predicted octanol–water partition coefficient (Wildman–Crippen LogP) is 4.06. The van der Waals surface area contributed by atoms with Crippen molar-refractivity contribution in [2.75, 3.05) is 19.6 Å². The van der Waals surface area contributed by atoms with E-state index in [-0.39, 0.29) is 52.2 Å². The molecule has 4 aliphatic rings. The van der Waals surface area contributed by atoms with Crippen LogP contribution in [-0.2, 0) is 4.79 Å². The number of pyridine rings is 1. The molecule has 2 aromatic rings. The number of nitrogens with zero attached hydrogens (tertiary/aromatic N) is 4. The predicted molar refractivity (Wildman–Crippen MR) is 132 cm³/mol. The van der Waals surface area contributed by atoms with Crippen LogP contribution in [0.1, 0.15) is 55.8 Å². The number of nitrogens with one attached hydrogen (secondary N) is 2. The highest BCUT2D eigenvalue weighted by atomic mass is 35.5. The Morgan fingerprint density at radius 2 is 2.14 bits per heavy atom. The fourth-order valence-electron chi connectivity index (χ4n) is 7.08. The molecule has 10 heteroatoms. The smallest absolute Gasteiger partial charge is 0.280 e. The summed E-state index contributed by atoms with van der Waals surface area (Å²) in [5.74, 6) is -0.0943. The lowest BCUT2D eigenvalue weighted by molar-refractivity contribution is -0.149. The Balaban J connectivity index is 1.41. The molecule has 1 amide bonds. The molecule has 4 fully saturated rings. The van der Waals surface area contributed by atoms with Gasteiger partial charge in [-0.3, -0.25) is 25.3 Å². The molecule has 0 bridgehead atoms. The fourth-order valence-corrected chi connectivity index (χ4v) is 7.50. The van der Waals surface area contributed by atoms with Gasteiger partial charge in [0.15, 0.2) is 0 Å². The molecule has 2 N–H and O–H groups in total. The molecule has 192 valence electrons. The van der Waals surface area contributed by atoms with Gasteiger partial charge in [0.2, 0.25) is 5.91 Å². The monoisotopic (exact) mass is 516 g/mol. The minimum atomic E-state index is -2.68. The van der Waals surface area contributed by atoms with E-state index in [2.05, 4.69) is 29.3 Å². The van der Waals surface area contributed by atoms with Crippen molar-refractivity contribution in [2.45, 2.75) is 56.0 Å². The molecular weight excluding hydrogens is 486 g/mol. The molecule has 36 heavy (non-hydrogen) atoms. The van der Waals surface area contributed by atoms with Crippen LogP contribution in [0.5, 0.6) is 0 Å². The number of aromatic nitrogens is 3. The second-order valence-corrected chi connectivity index (χ2v) is 11.6. The highest BCUT2D eigenvalue weighted by molar-refractivity contribution is 6.21. The van der Waals surface area contributed by atoms with Gasteiger partial charge in [-0.25, -0.2) is 8.78 Å². The van der Waals surface area contributed by atoms with Gasteiger partial charge in [-0.05, 0) is 49.3 Å². The molecular formula is C26H31ClF2N6O. The van der Waals surface area contributed by atoms with Crippen molar-refractivity contribution in [2.24, 2.45) is 17.3 Å². The number of alkyl halides is 3. The topological polar surface area (TPSA) is 75.1 Å². The molecule has 2 saturated carbocycles. The second-order valence-electron chi connectivity index (χ2n) is 11.1. The number of hydrazine groups is 1. The molecule has 2 aliphatic carbocycles. The van der Waals surface area contributed by atoms with Crippen LogP contribution in [0.3, 0.4) is 0 Å². The van der Waals surface area contributed by atoms with Crippen molar-refractivity contribution >= 4 is 17.5 Å². The zero-order chi connectivity index (χ0) is 25.2. The van der Waals surface area contributed by atoms with Gasteiger partial charge in [-0.1, -0.05) is 13.5 Å². The number of rotatable bonds is 5. The summed E-state index contributed by atoms with van der Waals surface area (Å²) in [6.45, 7) is 7.62. The number of fused-ring (bicyclic) bond motifs is 1. The standard InChI is InChI=1S/C26H31ClF2N6O/c1-3-19(36)34-12-26(13-34)8-16(9-26)35-24(25(28)29)21(23(33-35)15-5-4-6-30-10-15)20-17-11-31-32-18(17)7-14(2)22(20)27/h3-6,10,14,16-18,20,22,25,31-32H,1,7-9,11-13H2,2H3. The Morgan fingerprint density at radius 1 is 1.36 bits per heavy atom. The molecule has 0 radical (unpaired) electrons. The minimum Gasteiger partial charge on any atom is -0.338 e. The van der Waals surface area contributed by atoms with Crippen LogP contribution in [-0.4, -0.2) is 56.6 Å². The van der Waals surface area contributed by atoms with Crippen molar-refractivity contribution in [3.8, 4) is 11.3 Å². The average molecular weight is 517 g/mol. The molecule has 5 unspecified atom stereocenters. The van der Waals surface area contributed by atoms with E-state index in [9.17, 15) is 13.6 Å². The maximum absolute atomic E-state index is 14.9. The number of carbonyl (C=O) groups excluding carboxylic acids is 1. The van der Waals surface area contributed by atoms with Gasteiger partial charge in [0.1, 0.15) is 5.69 Å². The Bertz CT molecular complexity index is 1160. The maximum atomic E-state index is 14.9. The van der Waals surface area contributed by atoms with Crippen molar-refractivity contribution in [3.05, 3.63) is 48.4 Å². The van der Waals surface area contributed by atoms with Gasteiger partial charge in [-0.2, -0.15) is 5.10 Å². The van der Waals surface area contributed by atoms with Crippen LogP contribution in [0.4, 0.5) is 8.78 Å². The lowest BCUT2D eigenvalue weighted by Gasteiger charge is -2.58. The zero-order valence-electron chi connectivity index (χ0n) is 20.2. The number of carbonyl (C=O) groups is 1. The van der Waals surface area contributed by atoms with E-state index in [0.717, 1.165) is 24.8 Å². The maximum Gasteiger partial charge on any atom is 0.280 e. The molecule has 2 aliphatic heterocycles. The molecule has 2 aromatic heterocycles. The van der Waals surface area contributed by atoms with Crippen LogP contribution in [0.25, 0.3) is 11.3 Å². The van der Waals surface area contributed by atoms with Crippen molar-refractivity contribution in [3.63, 3.8) is 0 Å². The van der Waals surface area contributed by atoms with Crippen LogP contribution >= 0.6 is 11.6 Å². The number of halogens is 3.